The van der Waals surface area contributed by atoms with E-state index in [9.17, 15) is 65.6 Å². The van der Waals surface area contributed by atoms with Gasteiger partial charge in [-0.05, 0) is 59.3 Å². The zero-order valence-electron chi connectivity index (χ0n) is 26.8. The van der Waals surface area contributed by atoms with E-state index in [1.54, 1.807) is 0 Å². The number of anilines is 1. The summed E-state index contributed by atoms with van der Waals surface area (Å²) in [7, 11) is -25.0. The second-order valence-corrected chi connectivity index (χ2v) is 18.8. The second-order valence-electron chi connectivity index (χ2n) is 11.1. The Kier molecular flexibility index (Phi) is 11.1. The number of amides is 1. The maximum atomic E-state index is 13.2. The van der Waals surface area contributed by atoms with Crippen molar-refractivity contribution < 1.29 is 74.4 Å². The van der Waals surface area contributed by atoms with Gasteiger partial charge in [0.2, 0.25) is 0 Å². The fraction of sp³-hybridized carbons (Fsp3) is 0.0690. The highest BCUT2D eigenvalue weighted by molar-refractivity contribution is 7.91. The van der Waals surface area contributed by atoms with E-state index in [-0.39, 0.29) is 21.4 Å². The fourth-order valence-electron chi connectivity index (χ4n) is 5.12. The van der Waals surface area contributed by atoms with Crippen LogP contribution in [0.1, 0.15) is 10.4 Å². The number of fused-ring (bicyclic) bond motifs is 2. The molecular formula is C29H22ClN3O17S5. The zero-order chi connectivity index (χ0) is 40.9. The Balaban J connectivity index is 1.70. The SMILES string of the molecule is O=C(Nc1cc(S(=O)(=O)O)cc2cc(S(=O)(=O)O)c(N=Nc3ccc4cc(S(=O)(=O)CCOS(=O)(=O)O)ccc4c3S(=O)(=O)O)c(O)c12)c1ccccc1Cl. The van der Waals surface area contributed by atoms with Crippen molar-refractivity contribution in [1.82, 2.24) is 0 Å². The summed E-state index contributed by atoms with van der Waals surface area (Å²) in [4.78, 5) is 9.54. The molecule has 20 nitrogen and oxygen atoms in total. The summed E-state index contributed by atoms with van der Waals surface area (Å²) in [6.45, 7) is -0.973. The molecule has 26 heteroatoms. The minimum absolute atomic E-state index is 0.0595. The largest absolute Gasteiger partial charge is 0.505 e. The van der Waals surface area contributed by atoms with Crippen molar-refractivity contribution in [1.29, 1.82) is 0 Å². The lowest BCUT2D eigenvalue weighted by molar-refractivity contribution is 0.102. The summed E-state index contributed by atoms with van der Waals surface area (Å²) in [6, 6.07) is 12.2. The standard InChI is InChI=1S/C29H22ClN3O17S5/c30-21-4-2-1-3-20(21)29(35)31-23-14-18(52(38,39)40)12-16-13-24(53(41,42)43)26(27(34)25(16)23)33-32-22-8-5-15-11-17(6-7-19(15)28(22)54(44,45)46)51(36,37)10-9-50-55(47,48)49/h1-8,11-14,34H,9-10H2,(H,31,35)(H,38,39,40)(H,41,42,43)(H,44,45,46)(H,47,48,49). The van der Waals surface area contributed by atoms with Gasteiger partial charge in [-0.2, -0.15) is 33.7 Å². The van der Waals surface area contributed by atoms with Gasteiger partial charge in [-0.25, -0.2) is 12.6 Å². The van der Waals surface area contributed by atoms with Crippen LogP contribution >= 0.6 is 11.6 Å². The van der Waals surface area contributed by atoms with E-state index in [1.165, 1.54) is 24.3 Å². The lowest BCUT2D eigenvalue weighted by atomic mass is 10.1. The molecule has 0 radical (unpaired) electrons. The Morgan fingerprint density at radius 3 is 1.98 bits per heavy atom. The topological polar surface area (TPSA) is 335 Å². The van der Waals surface area contributed by atoms with Crippen LogP contribution in [-0.4, -0.2) is 83.7 Å². The first-order valence-corrected chi connectivity index (χ1v) is 22.1. The Hall–Kier alpha value is -4.67. The molecule has 0 heterocycles. The Labute approximate surface area is 316 Å². The van der Waals surface area contributed by atoms with Crippen LogP contribution in [0.3, 0.4) is 0 Å². The number of phenols is 1. The molecule has 0 aromatic heterocycles. The van der Waals surface area contributed by atoms with E-state index >= 15 is 0 Å². The predicted octanol–water partition coefficient (Wildman–Crippen LogP) is 4.35. The molecule has 0 aliphatic carbocycles. The van der Waals surface area contributed by atoms with E-state index in [0.29, 0.717) is 18.2 Å². The number of phenolic OH excluding ortho intramolecular Hbond substituents is 1. The molecule has 0 bridgehead atoms. The number of rotatable bonds is 12. The third-order valence-corrected chi connectivity index (χ3v) is 12.6. The second kappa shape index (κ2) is 14.8. The number of halogens is 1. The summed E-state index contributed by atoms with van der Waals surface area (Å²) in [5.74, 6) is -3.10. The van der Waals surface area contributed by atoms with Crippen LogP contribution in [0.15, 0.2) is 103 Å². The Morgan fingerprint density at radius 1 is 0.727 bits per heavy atom. The van der Waals surface area contributed by atoms with Crippen LogP contribution in [0.5, 0.6) is 5.75 Å². The van der Waals surface area contributed by atoms with Crippen LogP contribution < -0.4 is 5.32 Å². The van der Waals surface area contributed by atoms with Crippen LogP contribution in [0.2, 0.25) is 5.02 Å². The first-order chi connectivity index (χ1) is 25.3. The van der Waals surface area contributed by atoms with Crippen molar-refractivity contribution in [3.8, 4) is 5.75 Å². The molecule has 292 valence electrons. The maximum absolute atomic E-state index is 13.2. The van der Waals surface area contributed by atoms with Gasteiger partial charge >= 0.3 is 10.4 Å². The molecule has 1 amide bonds. The van der Waals surface area contributed by atoms with Crippen molar-refractivity contribution in [2.24, 2.45) is 10.2 Å². The van der Waals surface area contributed by atoms with Crippen molar-refractivity contribution in [3.05, 3.63) is 83.4 Å². The minimum Gasteiger partial charge on any atom is -0.505 e. The van der Waals surface area contributed by atoms with Crippen molar-refractivity contribution in [2.45, 2.75) is 19.6 Å². The average molecular weight is 880 g/mol. The quantitative estimate of drug-likeness (QED) is 0.0749. The van der Waals surface area contributed by atoms with Crippen molar-refractivity contribution in [2.75, 3.05) is 17.7 Å². The molecule has 0 atom stereocenters. The van der Waals surface area contributed by atoms with E-state index in [1.807, 2.05) is 0 Å². The molecular weight excluding hydrogens is 858 g/mol. The van der Waals surface area contributed by atoms with Gasteiger partial charge in [0.15, 0.2) is 15.6 Å². The molecule has 0 unspecified atom stereocenters. The molecule has 0 aliphatic rings. The number of carbonyl (C=O) groups excluding carboxylic acids is 1. The van der Waals surface area contributed by atoms with Gasteiger partial charge in [0, 0.05) is 10.8 Å². The molecule has 0 aliphatic heterocycles. The van der Waals surface area contributed by atoms with Crippen LogP contribution in [0.25, 0.3) is 21.5 Å². The highest BCUT2D eigenvalue weighted by Crippen LogP contribution is 2.46. The van der Waals surface area contributed by atoms with E-state index in [4.69, 9.17) is 16.2 Å². The number of benzene rings is 5. The monoisotopic (exact) mass is 879 g/mol. The van der Waals surface area contributed by atoms with Gasteiger partial charge in [-0.15, -0.1) is 10.2 Å². The summed E-state index contributed by atoms with van der Waals surface area (Å²) in [5, 5.41) is 19.4. The molecule has 0 saturated carbocycles. The minimum atomic E-state index is -5.40. The maximum Gasteiger partial charge on any atom is 0.397 e. The summed E-state index contributed by atoms with van der Waals surface area (Å²) in [6.07, 6.45) is 0. The molecule has 5 rings (SSSR count). The Morgan fingerprint density at radius 2 is 1.38 bits per heavy atom. The van der Waals surface area contributed by atoms with E-state index < -0.39 is 122 Å². The highest BCUT2D eigenvalue weighted by atomic mass is 35.5. The number of sulfone groups is 1. The first kappa shape index (κ1) is 41.5. The Bertz CT molecular complexity index is 3050. The normalized spacial score (nSPS) is 13.1. The zero-order valence-corrected chi connectivity index (χ0v) is 31.6. The van der Waals surface area contributed by atoms with E-state index in [2.05, 4.69) is 19.7 Å². The van der Waals surface area contributed by atoms with Gasteiger partial charge in [-0.3, -0.25) is 23.0 Å². The smallest absolute Gasteiger partial charge is 0.397 e. The number of nitrogens with one attached hydrogen (secondary N) is 1. The summed E-state index contributed by atoms with van der Waals surface area (Å²) in [5.41, 5.74) is -2.54. The molecule has 0 spiro atoms. The van der Waals surface area contributed by atoms with Crippen LogP contribution in [0, 0.1) is 0 Å². The number of nitrogens with zero attached hydrogens (tertiary/aromatic N) is 2. The third-order valence-electron chi connectivity index (χ3n) is 7.45. The fourth-order valence-corrected chi connectivity index (χ4v) is 8.90. The third kappa shape index (κ3) is 9.24. The lowest BCUT2D eigenvalue weighted by Gasteiger charge is -2.15. The number of azo groups is 1. The van der Waals surface area contributed by atoms with Crippen LogP contribution in [-0.2, 0) is 54.8 Å². The molecule has 55 heavy (non-hydrogen) atoms. The highest BCUT2D eigenvalue weighted by Gasteiger charge is 2.28. The molecule has 0 fully saturated rings. The van der Waals surface area contributed by atoms with Gasteiger partial charge in [0.05, 0.1) is 38.4 Å². The summed E-state index contributed by atoms with van der Waals surface area (Å²) >= 11 is 6.09. The lowest BCUT2D eigenvalue weighted by Crippen LogP contribution is -2.15. The van der Waals surface area contributed by atoms with Gasteiger partial charge in [-0.1, -0.05) is 35.9 Å². The molecule has 5 aromatic rings. The number of carbonyl (C=O) groups is 1. The number of hydrogen-bond donors (Lipinski definition) is 6. The van der Waals surface area contributed by atoms with Crippen LogP contribution in [0.4, 0.5) is 17.1 Å². The van der Waals surface area contributed by atoms with Crippen molar-refractivity contribution in [3.63, 3.8) is 0 Å². The number of aromatic hydroxyl groups is 1. The molecule has 6 N–H and O–H groups in total. The molecule has 5 aromatic carbocycles. The number of hydrogen-bond acceptors (Lipinski definition) is 15. The van der Waals surface area contributed by atoms with Crippen molar-refractivity contribution >= 4 is 107 Å². The van der Waals surface area contributed by atoms with E-state index in [0.717, 1.165) is 30.3 Å². The van der Waals surface area contributed by atoms with Gasteiger partial charge in [0.25, 0.3) is 36.3 Å². The predicted molar refractivity (Wildman–Crippen MR) is 192 cm³/mol. The van der Waals surface area contributed by atoms with Gasteiger partial charge < -0.3 is 10.4 Å². The summed E-state index contributed by atoms with van der Waals surface area (Å²) < 4.78 is 164. The van der Waals surface area contributed by atoms with Gasteiger partial charge in [0.1, 0.15) is 21.2 Å². The first-order valence-electron chi connectivity index (χ1n) is 14.4. The average Bonchev–Trinajstić information content (AvgIpc) is 3.05. The molecule has 0 saturated heterocycles.